The number of carbonyl (C=O) groups is 1. The van der Waals surface area contributed by atoms with E-state index in [1.807, 2.05) is 0 Å². The summed E-state index contributed by atoms with van der Waals surface area (Å²) in [4.78, 5) is 11.6. The number of hydrogen-bond acceptors (Lipinski definition) is 2. The molecule has 0 atom stereocenters. The molecule has 0 radical (unpaired) electrons. The van der Waals surface area contributed by atoms with Gasteiger partial charge < -0.3 is 4.74 Å². The van der Waals surface area contributed by atoms with Gasteiger partial charge in [-0.1, -0.05) is 44.5 Å². The van der Waals surface area contributed by atoms with Crippen LogP contribution in [0, 0.1) is 0 Å². The molecule has 0 N–H and O–H groups in total. The van der Waals surface area contributed by atoms with Crippen molar-refractivity contribution in [2.24, 2.45) is 0 Å². The topological polar surface area (TPSA) is 26.3 Å². The molecular weight excluding hydrogens is 248 g/mol. The van der Waals surface area contributed by atoms with Crippen molar-refractivity contribution in [3.8, 4) is 0 Å². The third kappa shape index (κ3) is 3.29. The molecule has 110 valence electrons. The summed E-state index contributed by atoms with van der Waals surface area (Å²) in [6.07, 6.45) is 6.24. The van der Waals surface area contributed by atoms with E-state index in [9.17, 15) is 4.79 Å². The fourth-order valence-corrected chi connectivity index (χ4v) is 3.17. The van der Waals surface area contributed by atoms with Crippen molar-refractivity contribution in [2.75, 3.05) is 6.61 Å². The SMILES string of the molecule is CCCOC1(c2ccccc2CCC)CCC(=O)CC1. The van der Waals surface area contributed by atoms with Gasteiger partial charge >= 0.3 is 0 Å². The van der Waals surface area contributed by atoms with Crippen LogP contribution >= 0.6 is 0 Å². The number of benzene rings is 1. The summed E-state index contributed by atoms with van der Waals surface area (Å²) in [5.74, 6) is 0.383. The predicted octanol–water partition coefficient (Wildman–Crippen LogP) is 4.40. The fraction of sp³-hybridized carbons (Fsp3) is 0.611. The van der Waals surface area contributed by atoms with Crippen LogP contribution in [0.5, 0.6) is 0 Å². The lowest BCUT2D eigenvalue weighted by Crippen LogP contribution is -2.36. The van der Waals surface area contributed by atoms with Gasteiger partial charge in [0.15, 0.2) is 0 Å². The van der Waals surface area contributed by atoms with Crippen LogP contribution in [-0.2, 0) is 21.6 Å². The maximum absolute atomic E-state index is 11.6. The van der Waals surface area contributed by atoms with E-state index in [2.05, 4.69) is 38.1 Å². The predicted molar refractivity (Wildman–Crippen MR) is 81.8 cm³/mol. The number of hydrogen-bond donors (Lipinski definition) is 0. The Bertz CT molecular complexity index is 440. The van der Waals surface area contributed by atoms with Gasteiger partial charge in [0.05, 0.1) is 5.60 Å². The molecule has 0 unspecified atom stereocenters. The summed E-state index contributed by atoms with van der Waals surface area (Å²) in [5.41, 5.74) is 2.48. The molecule has 1 fully saturated rings. The minimum absolute atomic E-state index is 0.227. The molecule has 1 saturated carbocycles. The first-order valence-electron chi connectivity index (χ1n) is 7.96. The largest absolute Gasteiger partial charge is 0.370 e. The van der Waals surface area contributed by atoms with Crippen molar-refractivity contribution in [1.82, 2.24) is 0 Å². The molecule has 2 nitrogen and oxygen atoms in total. The van der Waals surface area contributed by atoms with Gasteiger partial charge in [0.2, 0.25) is 0 Å². The molecule has 1 aliphatic rings. The minimum Gasteiger partial charge on any atom is -0.370 e. The highest BCUT2D eigenvalue weighted by atomic mass is 16.5. The molecule has 1 aromatic carbocycles. The van der Waals surface area contributed by atoms with E-state index in [4.69, 9.17) is 4.74 Å². The highest BCUT2D eigenvalue weighted by molar-refractivity contribution is 5.79. The van der Waals surface area contributed by atoms with Crippen molar-refractivity contribution >= 4 is 5.78 Å². The molecule has 2 heteroatoms. The molecule has 0 amide bonds. The van der Waals surface area contributed by atoms with Gasteiger partial charge in [0.25, 0.3) is 0 Å². The third-order valence-corrected chi connectivity index (χ3v) is 4.23. The van der Waals surface area contributed by atoms with Gasteiger partial charge in [-0.3, -0.25) is 4.79 Å². The Balaban J connectivity index is 2.33. The van der Waals surface area contributed by atoms with E-state index >= 15 is 0 Å². The molecule has 0 spiro atoms. The molecule has 1 aliphatic carbocycles. The number of carbonyl (C=O) groups excluding carboxylic acids is 1. The second-order valence-corrected chi connectivity index (χ2v) is 5.79. The molecular formula is C18H26O2. The summed E-state index contributed by atoms with van der Waals surface area (Å²) < 4.78 is 6.29. The van der Waals surface area contributed by atoms with E-state index in [-0.39, 0.29) is 5.60 Å². The maximum Gasteiger partial charge on any atom is 0.133 e. The van der Waals surface area contributed by atoms with Crippen molar-refractivity contribution in [3.63, 3.8) is 0 Å². The van der Waals surface area contributed by atoms with Gasteiger partial charge in [-0.05, 0) is 36.8 Å². The van der Waals surface area contributed by atoms with Crippen LogP contribution in [0.4, 0.5) is 0 Å². The first-order chi connectivity index (χ1) is 9.72. The van der Waals surface area contributed by atoms with Crippen LogP contribution < -0.4 is 0 Å². The number of ketones is 1. The molecule has 0 aromatic heterocycles. The lowest BCUT2D eigenvalue weighted by Gasteiger charge is -2.38. The smallest absolute Gasteiger partial charge is 0.133 e. The Morgan fingerprint density at radius 2 is 1.80 bits per heavy atom. The first-order valence-corrected chi connectivity index (χ1v) is 7.96. The van der Waals surface area contributed by atoms with Gasteiger partial charge in [0.1, 0.15) is 5.78 Å². The van der Waals surface area contributed by atoms with Crippen LogP contribution in [0.1, 0.15) is 63.5 Å². The zero-order valence-electron chi connectivity index (χ0n) is 12.8. The average molecular weight is 274 g/mol. The Hall–Kier alpha value is -1.15. The van der Waals surface area contributed by atoms with Crippen LogP contribution in [0.15, 0.2) is 24.3 Å². The van der Waals surface area contributed by atoms with E-state index in [1.54, 1.807) is 0 Å². The fourth-order valence-electron chi connectivity index (χ4n) is 3.17. The minimum atomic E-state index is -0.227. The quantitative estimate of drug-likeness (QED) is 0.768. The summed E-state index contributed by atoms with van der Waals surface area (Å²) in [7, 11) is 0. The highest BCUT2D eigenvalue weighted by Crippen LogP contribution is 2.41. The monoisotopic (exact) mass is 274 g/mol. The zero-order valence-corrected chi connectivity index (χ0v) is 12.8. The third-order valence-electron chi connectivity index (χ3n) is 4.23. The van der Waals surface area contributed by atoms with E-state index in [0.717, 1.165) is 38.7 Å². The zero-order chi connectivity index (χ0) is 14.4. The van der Waals surface area contributed by atoms with Crippen molar-refractivity contribution in [1.29, 1.82) is 0 Å². The maximum atomic E-state index is 11.6. The number of ether oxygens (including phenoxy) is 1. The van der Waals surface area contributed by atoms with Gasteiger partial charge in [-0.25, -0.2) is 0 Å². The number of Topliss-reactive ketones (excluding diaryl/α,β-unsaturated/α-hetero) is 1. The molecule has 0 aliphatic heterocycles. The van der Waals surface area contributed by atoms with Gasteiger partial charge in [-0.15, -0.1) is 0 Å². The summed E-state index contributed by atoms with van der Waals surface area (Å²) in [5, 5.41) is 0. The van der Waals surface area contributed by atoms with E-state index in [0.29, 0.717) is 18.6 Å². The van der Waals surface area contributed by atoms with Crippen molar-refractivity contribution in [2.45, 2.75) is 64.4 Å². The lowest BCUT2D eigenvalue weighted by molar-refractivity contribution is -0.131. The molecule has 20 heavy (non-hydrogen) atoms. The van der Waals surface area contributed by atoms with Crippen LogP contribution in [-0.4, -0.2) is 12.4 Å². The molecule has 0 heterocycles. The summed E-state index contributed by atoms with van der Waals surface area (Å²) >= 11 is 0. The number of aryl methyl sites for hydroxylation is 1. The van der Waals surface area contributed by atoms with Crippen LogP contribution in [0.25, 0.3) is 0 Å². The Kier molecular flexibility index (Phi) is 5.36. The molecule has 2 rings (SSSR count). The van der Waals surface area contributed by atoms with Gasteiger partial charge in [-0.2, -0.15) is 0 Å². The standard InChI is InChI=1S/C18H26O2/c1-3-7-15-8-5-6-9-17(15)18(20-14-4-2)12-10-16(19)11-13-18/h5-6,8-9H,3-4,7,10-14H2,1-2H3. The average Bonchev–Trinajstić information content (AvgIpc) is 2.48. The first kappa shape index (κ1) is 15.2. The Morgan fingerprint density at radius 3 is 2.45 bits per heavy atom. The van der Waals surface area contributed by atoms with E-state index < -0.39 is 0 Å². The van der Waals surface area contributed by atoms with Gasteiger partial charge in [0, 0.05) is 19.4 Å². The lowest BCUT2D eigenvalue weighted by atomic mass is 9.76. The summed E-state index contributed by atoms with van der Waals surface area (Å²) in [6.45, 7) is 5.12. The Labute approximate surface area is 122 Å². The molecule has 1 aromatic rings. The van der Waals surface area contributed by atoms with Crippen LogP contribution in [0.3, 0.4) is 0 Å². The summed E-state index contributed by atoms with van der Waals surface area (Å²) in [6, 6.07) is 8.63. The Morgan fingerprint density at radius 1 is 1.10 bits per heavy atom. The second kappa shape index (κ2) is 7.03. The normalized spacial score (nSPS) is 18.2. The van der Waals surface area contributed by atoms with Crippen molar-refractivity contribution < 1.29 is 9.53 Å². The molecule has 0 saturated heterocycles. The van der Waals surface area contributed by atoms with E-state index in [1.165, 1.54) is 11.1 Å². The molecule has 0 bridgehead atoms. The second-order valence-electron chi connectivity index (χ2n) is 5.79. The number of rotatable bonds is 6. The highest BCUT2D eigenvalue weighted by Gasteiger charge is 2.38. The van der Waals surface area contributed by atoms with Crippen molar-refractivity contribution in [3.05, 3.63) is 35.4 Å². The van der Waals surface area contributed by atoms with Crippen LogP contribution in [0.2, 0.25) is 0 Å².